The standard InChI is InChI=1S/C13H16N4/c1-2-17-9-15-16-13(17)11-7-10-5-3-4-6-12(10)14-8-11/h3-6,9,11,14H,2,7-8H2,1H3. The predicted molar refractivity (Wildman–Crippen MR) is 67.1 cm³/mol. The molecule has 1 aliphatic heterocycles. The predicted octanol–water partition coefficient (Wildman–Crippen LogP) is 2.05. The Hall–Kier alpha value is -1.84. The molecular formula is C13H16N4. The van der Waals surface area contributed by atoms with Crippen molar-refractivity contribution in [2.45, 2.75) is 25.8 Å². The zero-order valence-electron chi connectivity index (χ0n) is 9.93. The second-order valence-electron chi connectivity index (χ2n) is 4.41. The van der Waals surface area contributed by atoms with Gasteiger partial charge in [0.25, 0.3) is 0 Å². The molecule has 2 heterocycles. The Morgan fingerprint density at radius 3 is 3.18 bits per heavy atom. The van der Waals surface area contributed by atoms with Gasteiger partial charge in [0.1, 0.15) is 12.2 Å². The van der Waals surface area contributed by atoms with Crippen molar-refractivity contribution in [2.75, 3.05) is 11.9 Å². The van der Waals surface area contributed by atoms with Gasteiger partial charge in [-0.15, -0.1) is 10.2 Å². The van der Waals surface area contributed by atoms with Gasteiger partial charge in [0.05, 0.1) is 0 Å². The molecule has 3 rings (SSSR count). The van der Waals surface area contributed by atoms with Crippen LogP contribution in [-0.2, 0) is 13.0 Å². The van der Waals surface area contributed by atoms with Gasteiger partial charge in [-0.25, -0.2) is 0 Å². The average molecular weight is 228 g/mol. The number of hydrogen-bond donors (Lipinski definition) is 1. The van der Waals surface area contributed by atoms with Gasteiger partial charge in [0, 0.05) is 24.7 Å². The van der Waals surface area contributed by atoms with E-state index in [0.717, 1.165) is 25.3 Å². The van der Waals surface area contributed by atoms with Gasteiger partial charge >= 0.3 is 0 Å². The van der Waals surface area contributed by atoms with Crippen molar-refractivity contribution < 1.29 is 0 Å². The van der Waals surface area contributed by atoms with Crippen LogP contribution in [-0.4, -0.2) is 21.3 Å². The summed E-state index contributed by atoms with van der Waals surface area (Å²) in [6, 6.07) is 8.48. The number of para-hydroxylation sites is 1. The Morgan fingerprint density at radius 2 is 2.29 bits per heavy atom. The lowest BCUT2D eigenvalue weighted by molar-refractivity contribution is 0.590. The maximum atomic E-state index is 4.26. The van der Waals surface area contributed by atoms with E-state index in [1.165, 1.54) is 11.3 Å². The number of benzene rings is 1. The molecule has 0 aliphatic carbocycles. The van der Waals surface area contributed by atoms with Crippen LogP contribution in [0.1, 0.15) is 24.2 Å². The zero-order chi connectivity index (χ0) is 11.7. The molecular weight excluding hydrogens is 212 g/mol. The first-order chi connectivity index (χ1) is 8.38. The van der Waals surface area contributed by atoms with Crippen LogP contribution in [0.15, 0.2) is 30.6 Å². The molecule has 0 amide bonds. The fourth-order valence-corrected chi connectivity index (χ4v) is 2.45. The maximum absolute atomic E-state index is 4.26. The number of aromatic nitrogens is 3. The summed E-state index contributed by atoms with van der Waals surface area (Å²) >= 11 is 0. The number of rotatable bonds is 2. The molecule has 0 saturated heterocycles. The summed E-state index contributed by atoms with van der Waals surface area (Å²) in [7, 11) is 0. The van der Waals surface area contributed by atoms with E-state index in [1.54, 1.807) is 0 Å². The van der Waals surface area contributed by atoms with Crippen molar-refractivity contribution in [3.8, 4) is 0 Å². The summed E-state index contributed by atoms with van der Waals surface area (Å²) in [5, 5.41) is 11.7. The maximum Gasteiger partial charge on any atom is 0.138 e. The zero-order valence-corrected chi connectivity index (χ0v) is 9.93. The van der Waals surface area contributed by atoms with Crippen LogP contribution < -0.4 is 5.32 Å². The fourth-order valence-electron chi connectivity index (χ4n) is 2.45. The van der Waals surface area contributed by atoms with Gasteiger partial charge in [-0.2, -0.15) is 0 Å². The molecule has 0 spiro atoms. The number of hydrogen-bond acceptors (Lipinski definition) is 3. The minimum atomic E-state index is 0.423. The van der Waals surface area contributed by atoms with Gasteiger partial charge < -0.3 is 9.88 Å². The molecule has 4 heteroatoms. The van der Waals surface area contributed by atoms with E-state index in [1.807, 2.05) is 6.33 Å². The minimum Gasteiger partial charge on any atom is -0.384 e. The Balaban J connectivity index is 1.89. The van der Waals surface area contributed by atoms with Crippen molar-refractivity contribution in [3.05, 3.63) is 42.0 Å². The van der Waals surface area contributed by atoms with E-state index in [-0.39, 0.29) is 0 Å². The van der Waals surface area contributed by atoms with E-state index in [4.69, 9.17) is 0 Å². The Kier molecular flexibility index (Phi) is 2.55. The van der Waals surface area contributed by atoms with Crippen LogP contribution in [0.25, 0.3) is 0 Å². The number of anilines is 1. The molecule has 17 heavy (non-hydrogen) atoms. The van der Waals surface area contributed by atoms with E-state index < -0.39 is 0 Å². The van der Waals surface area contributed by atoms with Crippen molar-refractivity contribution >= 4 is 5.69 Å². The first-order valence-electron chi connectivity index (χ1n) is 6.08. The average Bonchev–Trinajstić information content (AvgIpc) is 2.86. The van der Waals surface area contributed by atoms with Gasteiger partial charge in [-0.1, -0.05) is 18.2 Å². The molecule has 88 valence electrons. The molecule has 2 aromatic rings. The third-order valence-electron chi connectivity index (χ3n) is 3.37. The molecule has 0 bridgehead atoms. The van der Waals surface area contributed by atoms with Gasteiger partial charge in [-0.3, -0.25) is 0 Å². The Morgan fingerprint density at radius 1 is 1.41 bits per heavy atom. The third kappa shape index (κ3) is 1.79. The normalized spacial score (nSPS) is 18.5. The van der Waals surface area contributed by atoms with Crippen LogP contribution in [0.3, 0.4) is 0 Å². The highest BCUT2D eigenvalue weighted by molar-refractivity contribution is 5.53. The lowest BCUT2D eigenvalue weighted by Gasteiger charge is -2.25. The largest absolute Gasteiger partial charge is 0.384 e. The molecule has 1 aromatic carbocycles. The number of aryl methyl sites for hydroxylation is 1. The lowest BCUT2D eigenvalue weighted by Crippen LogP contribution is -2.24. The number of nitrogens with one attached hydrogen (secondary N) is 1. The highest BCUT2D eigenvalue weighted by Gasteiger charge is 2.23. The minimum absolute atomic E-state index is 0.423. The van der Waals surface area contributed by atoms with E-state index in [2.05, 4.69) is 51.3 Å². The van der Waals surface area contributed by atoms with Gasteiger partial charge in [-0.05, 0) is 25.0 Å². The smallest absolute Gasteiger partial charge is 0.138 e. The molecule has 4 nitrogen and oxygen atoms in total. The molecule has 1 atom stereocenters. The molecule has 0 saturated carbocycles. The Labute approximate surface area is 101 Å². The van der Waals surface area contributed by atoms with Crippen molar-refractivity contribution in [1.29, 1.82) is 0 Å². The van der Waals surface area contributed by atoms with E-state index in [0.29, 0.717) is 5.92 Å². The molecule has 1 aliphatic rings. The van der Waals surface area contributed by atoms with Crippen LogP contribution >= 0.6 is 0 Å². The second kappa shape index (κ2) is 4.20. The Bertz CT molecular complexity index is 518. The highest BCUT2D eigenvalue weighted by Crippen LogP contribution is 2.29. The summed E-state index contributed by atoms with van der Waals surface area (Å²) in [4.78, 5) is 0. The summed E-state index contributed by atoms with van der Waals surface area (Å²) in [5.41, 5.74) is 2.63. The summed E-state index contributed by atoms with van der Waals surface area (Å²) in [6.07, 6.45) is 2.86. The molecule has 1 unspecified atom stereocenters. The second-order valence-corrected chi connectivity index (χ2v) is 4.41. The first-order valence-corrected chi connectivity index (χ1v) is 6.08. The summed E-state index contributed by atoms with van der Waals surface area (Å²) in [5.74, 6) is 1.52. The highest BCUT2D eigenvalue weighted by atomic mass is 15.3. The van der Waals surface area contributed by atoms with Crippen molar-refractivity contribution in [3.63, 3.8) is 0 Å². The number of nitrogens with zero attached hydrogens (tertiary/aromatic N) is 3. The van der Waals surface area contributed by atoms with Crippen LogP contribution in [0.2, 0.25) is 0 Å². The van der Waals surface area contributed by atoms with E-state index >= 15 is 0 Å². The van der Waals surface area contributed by atoms with Crippen LogP contribution in [0.4, 0.5) is 5.69 Å². The third-order valence-corrected chi connectivity index (χ3v) is 3.37. The summed E-state index contributed by atoms with van der Waals surface area (Å²) in [6.45, 7) is 3.99. The molecule has 0 radical (unpaired) electrons. The van der Waals surface area contributed by atoms with Gasteiger partial charge in [0.15, 0.2) is 0 Å². The number of fused-ring (bicyclic) bond motifs is 1. The van der Waals surface area contributed by atoms with Crippen LogP contribution in [0.5, 0.6) is 0 Å². The SMILES string of the molecule is CCn1cnnc1C1CNc2ccccc2C1. The molecule has 0 fully saturated rings. The van der Waals surface area contributed by atoms with Crippen LogP contribution in [0, 0.1) is 0 Å². The molecule has 1 aromatic heterocycles. The summed E-state index contributed by atoms with van der Waals surface area (Å²) < 4.78 is 2.13. The molecule has 1 N–H and O–H groups in total. The first kappa shape index (κ1) is 10.3. The van der Waals surface area contributed by atoms with Crippen molar-refractivity contribution in [2.24, 2.45) is 0 Å². The monoisotopic (exact) mass is 228 g/mol. The topological polar surface area (TPSA) is 42.7 Å². The fraction of sp³-hybridized carbons (Fsp3) is 0.385. The van der Waals surface area contributed by atoms with Gasteiger partial charge in [0.2, 0.25) is 0 Å². The van der Waals surface area contributed by atoms with Crippen molar-refractivity contribution in [1.82, 2.24) is 14.8 Å². The lowest BCUT2D eigenvalue weighted by atomic mass is 9.93. The quantitative estimate of drug-likeness (QED) is 0.855. The van der Waals surface area contributed by atoms with E-state index in [9.17, 15) is 0 Å².